The van der Waals surface area contributed by atoms with Crippen LogP contribution in [0.4, 0.5) is 5.69 Å². The van der Waals surface area contributed by atoms with Crippen LogP contribution >= 0.6 is 12.4 Å². The summed E-state index contributed by atoms with van der Waals surface area (Å²) in [7, 11) is 0. The Morgan fingerprint density at radius 2 is 2.03 bits per heavy atom. The van der Waals surface area contributed by atoms with Gasteiger partial charge in [0.1, 0.15) is 17.3 Å². The van der Waals surface area contributed by atoms with Gasteiger partial charge in [-0.1, -0.05) is 35.5 Å². The minimum Gasteiger partial charge on any atom is -0.477 e. The van der Waals surface area contributed by atoms with Gasteiger partial charge in [-0.15, -0.1) is 12.4 Å². The maximum absolute atomic E-state index is 12.7. The van der Waals surface area contributed by atoms with Crippen LogP contribution in [0.2, 0.25) is 0 Å². The van der Waals surface area contributed by atoms with Gasteiger partial charge in [0.2, 0.25) is 5.88 Å². The molecule has 9 nitrogen and oxygen atoms in total. The number of anilines is 1. The van der Waals surface area contributed by atoms with Crippen molar-refractivity contribution < 1.29 is 14.1 Å². The van der Waals surface area contributed by atoms with Crippen LogP contribution in [-0.2, 0) is 6.54 Å². The number of carbonyl (C=O) groups excluding carboxylic acids is 1. The number of halogens is 1. The van der Waals surface area contributed by atoms with Crippen LogP contribution in [0, 0.1) is 17.2 Å². The number of nitrogens with zero attached hydrogens (tertiary/aromatic N) is 4. The number of pyridine rings is 1. The summed E-state index contributed by atoms with van der Waals surface area (Å²) < 4.78 is 10.9. The van der Waals surface area contributed by atoms with E-state index in [0.29, 0.717) is 25.6 Å². The molecule has 184 valence electrons. The SMILES string of the molecule is CCOc1nc(C(=O)NCC2CCN(Cc3cc(-c4ccccc4)no3)CC2)c(N)cc1C#N.Cl. The van der Waals surface area contributed by atoms with Crippen molar-refractivity contribution in [3.8, 4) is 23.2 Å². The summed E-state index contributed by atoms with van der Waals surface area (Å²) in [6.07, 6.45) is 1.92. The molecule has 1 fully saturated rings. The Balaban J connectivity index is 0.00000342. The van der Waals surface area contributed by atoms with Crippen LogP contribution < -0.4 is 15.8 Å². The summed E-state index contributed by atoms with van der Waals surface area (Å²) in [5, 5.41) is 16.3. The average Bonchev–Trinajstić information content (AvgIpc) is 3.33. The fourth-order valence-corrected chi connectivity index (χ4v) is 4.04. The van der Waals surface area contributed by atoms with E-state index >= 15 is 0 Å². The molecule has 0 aliphatic carbocycles. The number of rotatable bonds is 8. The Labute approximate surface area is 210 Å². The lowest BCUT2D eigenvalue weighted by Crippen LogP contribution is -2.38. The molecule has 3 N–H and O–H groups in total. The first-order valence-electron chi connectivity index (χ1n) is 11.4. The highest BCUT2D eigenvalue weighted by Crippen LogP contribution is 2.23. The first-order valence-corrected chi connectivity index (χ1v) is 11.4. The average molecular weight is 497 g/mol. The quantitative estimate of drug-likeness (QED) is 0.483. The summed E-state index contributed by atoms with van der Waals surface area (Å²) in [6.45, 7) is 5.20. The third kappa shape index (κ3) is 6.50. The standard InChI is InChI=1S/C25H28N6O3.ClH/c1-2-33-25-19(14-26)12-21(27)23(29-25)24(32)28-15-17-8-10-31(11-9-17)16-20-13-22(30-34-20)18-6-4-3-5-7-18;/h3-7,12-13,17H,2,8-11,15-16,27H2,1H3,(H,28,32);1H. The van der Waals surface area contributed by atoms with E-state index in [1.54, 1.807) is 6.92 Å². The van der Waals surface area contributed by atoms with Gasteiger partial charge in [0, 0.05) is 18.2 Å². The third-order valence-corrected chi connectivity index (χ3v) is 5.90. The zero-order valence-corrected chi connectivity index (χ0v) is 20.4. The molecule has 1 saturated heterocycles. The lowest BCUT2D eigenvalue weighted by Gasteiger charge is -2.31. The Hall–Kier alpha value is -3.61. The van der Waals surface area contributed by atoms with Crippen LogP contribution in [-0.4, -0.2) is 47.2 Å². The van der Waals surface area contributed by atoms with Crippen molar-refractivity contribution in [3.05, 3.63) is 59.5 Å². The smallest absolute Gasteiger partial charge is 0.272 e. The van der Waals surface area contributed by atoms with Crippen molar-refractivity contribution in [1.82, 2.24) is 20.4 Å². The Bertz CT molecular complexity index is 1170. The maximum Gasteiger partial charge on any atom is 0.272 e. The summed E-state index contributed by atoms with van der Waals surface area (Å²) in [5.41, 5.74) is 8.29. The van der Waals surface area contributed by atoms with Crippen molar-refractivity contribution in [2.45, 2.75) is 26.3 Å². The molecule has 35 heavy (non-hydrogen) atoms. The van der Waals surface area contributed by atoms with Gasteiger partial charge in [0.15, 0.2) is 11.5 Å². The number of nitrogens with one attached hydrogen (secondary N) is 1. The predicted octanol–water partition coefficient (Wildman–Crippen LogP) is 3.65. The van der Waals surface area contributed by atoms with Gasteiger partial charge in [-0.05, 0) is 44.8 Å². The molecule has 4 rings (SSSR count). The second-order valence-electron chi connectivity index (χ2n) is 8.30. The third-order valence-electron chi connectivity index (χ3n) is 5.90. The molecule has 0 atom stereocenters. The van der Waals surface area contributed by atoms with Crippen molar-refractivity contribution in [2.75, 3.05) is 32.0 Å². The number of likely N-dealkylation sites (tertiary alicyclic amines) is 1. The molecule has 0 spiro atoms. The zero-order chi connectivity index (χ0) is 23.9. The number of hydrogen-bond acceptors (Lipinski definition) is 8. The number of nitriles is 1. The summed E-state index contributed by atoms with van der Waals surface area (Å²) >= 11 is 0. The Morgan fingerprint density at radius 1 is 1.29 bits per heavy atom. The van der Waals surface area contributed by atoms with Gasteiger partial charge in [0.05, 0.1) is 18.8 Å². The van der Waals surface area contributed by atoms with Crippen molar-refractivity contribution in [2.24, 2.45) is 5.92 Å². The van der Waals surface area contributed by atoms with Crippen LogP contribution in [0.25, 0.3) is 11.3 Å². The summed E-state index contributed by atoms with van der Waals surface area (Å²) in [5.74, 6) is 0.972. The lowest BCUT2D eigenvalue weighted by molar-refractivity contribution is 0.0928. The molecule has 1 aromatic carbocycles. The molecule has 1 aliphatic rings. The second kappa shape index (κ2) is 12.2. The van der Waals surface area contributed by atoms with Crippen molar-refractivity contribution in [3.63, 3.8) is 0 Å². The molecule has 10 heteroatoms. The van der Waals surface area contributed by atoms with Crippen molar-refractivity contribution >= 4 is 24.0 Å². The molecule has 0 unspecified atom stereocenters. The number of carbonyl (C=O) groups is 1. The minimum absolute atomic E-state index is 0. The van der Waals surface area contributed by atoms with E-state index in [9.17, 15) is 10.1 Å². The number of ether oxygens (including phenoxy) is 1. The lowest BCUT2D eigenvalue weighted by atomic mass is 9.96. The van der Waals surface area contributed by atoms with E-state index in [1.807, 2.05) is 42.5 Å². The molecule has 2 aromatic heterocycles. The first-order chi connectivity index (χ1) is 16.6. The van der Waals surface area contributed by atoms with Gasteiger partial charge in [-0.25, -0.2) is 4.98 Å². The molecule has 0 saturated carbocycles. The van der Waals surface area contributed by atoms with Gasteiger partial charge in [0.25, 0.3) is 5.91 Å². The summed E-state index contributed by atoms with van der Waals surface area (Å²) in [4.78, 5) is 19.2. The Morgan fingerprint density at radius 3 is 2.71 bits per heavy atom. The van der Waals surface area contributed by atoms with Gasteiger partial charge >= 0.3 is 0 Å². The predicted molar refractivity (Wildman–Crippen MR) is 134 cm³/mol. The molecule has 0 bridgehead atoms. The van der Waals surface area contributed by atoms with Crippen LogP contribution in [0.15, 0.2) is 47.0 Å². The Kier molecular flexibility index (Phi) is 9.06. The maximum atomic E-state index is 12.7. The van der Waals surface area contributed by atoms with Crippen LogP contribution in [0.1, 0.15) is 41.6 Å². The fourth-order valence-electron chi connectivity index (χ4n) is 4.04. The number of aromatic nitrogens is 2. The van der Waals surface area contributed by atoms with Gasteiger partial charge in [-0.3, -0.25) is 9.69 Å². The number of piperidine rings is 1. The molecule has 3 heterocycles. The number of benzene rings is 1. The molecule has 1 amide bonds. The van der Waals surface area contributed by atoms with Crippen LogP contribution in [0.5, 0.6) is 5.88 Å². The summed E-state index contributed by atoms with van der Waals surface area (Å²) in [6, 6.07) is 15.4. The number of nitrogen functional groups attached to an aromatic ring is 1. The normalized spacial score (nSPS) is 14.1. The molecular weight excluding hydrogens is 468 g/mol. The largest absolute Gasteiger partial charge is 0.477 e. The monoisotopic (exact) mass is 496 g/mol. The van der Waals surface area contributed by atoms with Gasteiger partial charge < -0.3 is 20.3 Å². The number of nitrogens with two attached hydrogens (primary N) is 1. The zero-order valence-electron chi connectivity index (χ0n) is 19.6. The van der Waals surface area contributed by atoms with E-state index in [0.717, 1.165) is 42.9 Å². The number of amides is 1. The molecule has 3 aromatic rings. The second-order valence-corrected chi connectivity index (χ2v) is 8.30. The van der Waals surface area contributed by atoms with E-state index in [-0.39, 0.29) is 41.1 Å². The molecular formula is C25H29ClN6O3. The van der Waals surface area contributed by atoms with E-state index in [2.05, 4.69) is 20.4 Å². The van der Waals surface area contributed by atoms with Crippen LogP contribution in [0.3, 0.4) is 0 Å². The van der Waals surface area contributed by atoms with E-state index in [1.165, 1.54) is 6.07 Å². The molecule has 1 aliphatic heterocycles. The first kappa shape index (κ1) is 26.0. The van der Waals surface area contributed by atoms with Gasteiger partial charge in [-0.2, -0.15) is 5.26 Å². The van der Waals surface area contributed by atoms with E-state index in [4.69, 9.17) is 15.0 Å². The highest BCUT2D eigenvalue weighted by atomic mass is 35.5. The molecule has 0 radical (unpaired) electrons. The number of hydrogen-bond donors (Lipinski definition) is 2. The van der Waals surface area contributed by atoms with E-state index < -0.39 is 0 Å². The highest BCUT2D eigenvalue weighted by molar-refractivity contribution is 5.97. The van der Waals surface area contributed by atoms with Crippen molar-refractivity contribution in [1.29, 1.82) is 5.26 Å². The topological polar surface area (TPSA) is 130 Å². The highest BCUT2D eigenvalue weighted by Gasteiger charge is 2.23. The minimum atomic E-state index is -0.361. The fraction of sp³-hybridized carbons (Fsp3) is 0.360.